The quantitative estimate of drug-likeness (QED) is 0.586. The molecule has 6 aliphatic carbocycles. The van der Waals surface area contributed by atoms with Crippen LogP contribution in [-0.2, 0) is 0 Å². The molecular formula is C14H24. The van der Waals surface area contributed by atoms with E-state index in [0.717, 1.165) is 34.5 Å². The summed E-state index contributed by atoms with van der Waals surface area (Å²) in [5.41, 5.74) is 1.47. The van der Waals surface area contributed by atoms with E-state index in [1.54, 1.807) is 19.3 Å². The van der Waals surface area contributed by atoms with Crippen LogP contribution in [0.3, 0.4) is 0 Å². The molecule has 6 fully saturated rings. The molecule has 0 heteroatoms. The lowest BCUT2D eigenvalue weighted by Crippen LogP contribution is -2.48. The van der Waals surface area contributed by atoms with E-state index < -0.39 is 0 Å². The van der Waals surface area contributed by atoms with Crippen molar-refractivity contribution in [1.82, 2.24) is 0 Å². The van der Waals surface area contributed by atoms with Gasteiger partial charge in [0.1, 0.15) is 0 Å². The fourth-order valence-corrected chi connectivity index (χ4v) is 5.74. The van der Waals surface area contributed by atoms with E-state index >= 15 is 0 Å². The predicted octanol–water partition coefficient (Wildman–Crippen LogP) is 4.10. The van der Waals surface area contributed by atoms with Crippen LogP contribution in [0.1, 0.15) is 53.4 Å². The minimum absolute atomic E-state index is 0.721. The second-order valence-corrected chi connectivity index (χ2v) is 7.45. The standard InChI is InChI=1S/C14H24/c1-9(2)12-11-7-14(12,4)8-13(3)5-10(11)6-13/h9-12H,5-8H2,1-4H3. The first kappa shape index (κ1) is 9.24. The summed E-state index contributed by atoms with van der Waals surface area (Å²) in [5, 5.41) is 0. The molecule has 3 unspecified atom stereocenters. The fraction of sp³-hybridized carbons (Fsp3) is 1.00. The van der Waals surface area contributed by atoms with E-state index in [0.29, 0.717) is 0 Å². The van der Waals surface area contributed by atoms with Gasteiger partial charge in [-0.25, -0.2) is 0 Å². The van der Waals surface area contributed by atoms with Gasteiger partial charge in [0.05, 0.1) is 0 Å². The molecule has 14 heavy (non-hydrogen) atoms. The van der Waals surface area contributed by atoms with Crippen molar-refractivity contribution in [3.05, 3.63) is 0 Å². The highest BCUT2D eigenvalue weighted by molar-refractivity contribution is 5.13. The molecule has 0 aromatic heterocycles. The summed E-state index contributed by atoms with van der Waals surface area (Å²) in [4.78, 5) is 0. The molecule has 80 valence electrons. The van der Waals surface area contributed by atoms with Gasteiger partial charge in [0.25, 0.3) is 0 Å². The second kappa shape index (κ2) is 2.39. The Morgan fingerprint density at radius 3 is 2.29 bits per heavy atom. The van der Waals surface area contributed by atoms with E-state index in [4.69, 9.17) is 0 Å². The highest BCUT2D eigenvalue weighted by Gasteiger charge is 2.64. The molecule has 6 aliphatic rings. The summed E-state index contributed by atoms with van der Waals surface area (Å²) >= 11 is 0. The maximum atomic E-state index is 2.57. The molecule has 0 heterocycles. The molecular weight excluding hydrogens is 168 g/mol. The van der Waals surface area contributed by atoms with Gasteiger partial charge in [-0.15, -0.1) is 0 Å². The van der Waals surface area contributed by atoms with E-state index in [-0.39, 0.29) is 0 Å². The molecule has 0 aromatic carbocycles. The number of rotatable bonds is 1. The highest BCUT2D eigenvalue weighted by Crippen LogP contribution is 2.72. The summed E-state index contributed by atoms with van der Waals surface area (Å²) < 4.78 is 0. The van der Waals surface area contributed by atoms with Gasteiger partial charge in [-0.05, 0) is 60.2 Å². The van der Waals surface area contributed by atoms with E-state index in [1.165, 1.54) is 6.42 Å². The summed E-state index contributed by atoms with van der Waals surface area (Å²) in [6.07, 6.45) is 6.18. The smallest absolute Gasteiger partial charge is 0.0284 e. The predicted molar refractivity (Wildman–Crippen MR) is 60.0 cm³/mol. The number of hydrogen-bond donors (Lipinski definition) is 0. The zero-order valence-corrected chi connectivity index (χ0v) is 10.1. The third-order valence-electron chi connectivity index (χ3n) is 5.63. The van der Waals surface area contributed by atoms with Crippen LogP contribution in [0.4, 0.5) is 0 Å². The lowest BCUT2D eigenvalue weighted by atomic mass is 9.49. The largest absolute Gasteiger partial charge is 0.0625 e. The first-order valence-corrected chi connectivity index (χ1v) is 6.44. The van der Waals surface area contributed by atoms with Gasteiger partial charge in [0.15, 0.2) is 0 Å². The van der Waals surface area contributed by atoms with Gasteiger partial charge < -0.3 is 0 Å². The molecule has 0 amide bonds. The molecule has 0 nitrogen and oxygen atoms in total. The van der Waals surface area contributed by atoms with Crippen molar-refractivity contribution in [2.45, 2.75) is 53.4 Å². The molecule has 6 rings (SSSR count). The van der Waals surface area contributed by atoms with Crippen LogP contribution in [-0.4, -0.2) is 0 Å². The first-order valence-electron chi connectivity index (χ1n) is 6.44. The van der Waals surface area contributed by atoms with Crippen LogP contribution in [0.15, 0.2) is 0 Å². The van der Waals surface area contributed by atoms with Crippen molar-refractivity contribution >= 4 is 0 Å². The fourth-order valence-electron chi connectivity index (χ4n) is 5.74. The Labute approximate surface area is 88.5 Å². The van der Waals surface area contributed by atoms with Gasteiger partial charge in [0, 0.05) is 0 Å². The van der Waals surface area contributed by atoms with E-state index in [1.807, 2.05) is 0 Å². The maximum Gasteiger partial charge on any atom is -0.0284 e. The van der Waals surface area contributed by atoms with Crippen LogP contribution in [0, 0.1) is 34.5 Å². The van der Waals surface area contributed by atoms with Gasteiger partial charge in [-0.1, -0.05) is 27.7 Å². The molecule has 0 radical (unpaired) electrons. The summed E-state index contributed by atoms with van der Waals surface area (Å²) in [6, 6.07) is 0. The minimum Gasteiger partial charge on any atom is -0.0625 e. The van der Waals surface area contributed by atoms with Crippen molar-refractivity contribution in [2.75, 3.05) is 0 Å². The average molecular weight is 192 g/mol. The third-order valence-corrected chi connectivity index (χ3v) is 5.63. The molecule has 0 saturated heterocycles. The Morgan fingerprint density at radius 2 is 1.71 bits per heavy atom. The third kappa shape index (κ3) is 0.955. The van der Waals surface area contributed by atoms with Crippen LogP contribution in [0.25, 0.3) is 0 Å². The molecule has 0 aromatic rings. The zero-order chi connectivity index (χ0) is 10.1. The van der Waals surface area contributed by atoms with Crippen LogP contribution in [0.5, 0.6) is 0 Å². The van der Waals surface area contributed by atoms with Crippen molar-refractivity contribution < 1.29 is 0 Å². The van der Waals surface area contributed by atoms with Crippen molar-refractivity contribution in [2.24, 2.45) is 34.5 Å². The van der Waals surface area contributed by atoms with Crippen molar-refractivity contribution in [1.29, 1.82) is 0 Å². The topological polar surface area (TPSA) is 0 Å². The first-order chi connectivity index (χ1) is 6.44. The molecule has 4 bridgehead atoms. The highest BCUT2D eigenvalue weighted by atomic mass is 14.7. The Bertz CT molecular complexity index is 259. The molecule has 0 N–H and O–H groups in total. The zero-order valence-electron chi connectivity index (χ0n) is 10.1. The molecule has 6 saturated carbocycles. The lowest BCUT2D eigenvalue weighted by Gasteiger charge is -2.55. The van der Waals surface area contributed by atoms with E-state index in [2.05, 4.69) is 27.7 Å². The summed E-state index contributed by atoms with van der Waals surface area (Å²) in [7, 11) is 0. The Morgan fingerprint density at radius 1 is 1.07 bits per heavy atom. The van der Waals surface area contributed by atoms with Crippen LogP contribution < -0.4 is 0 Å². The molecule has 0 spiro atoms. The normalized spacial score (nSPS) is 60.2. The SMILES string of the molecule is CC(C)C1C2CC1(C)CC1(C)CC2C1. The van der Waals surface area contributed by atoms with E-state index in [9.17, 15) is 0 Å². The molecule has 3 atom stereocenters. The Balaban J connectivity index is 1.92. The second-order valence-electron chi connectivity index (χ2n) is 7.45. The van der Waals surface area contributed by atoms with Gasteiger partial charge in [-0.2, -0.15) is 0 Å². The summed E-state index contributed by atoms with van der Waals surface area (Å²) in [6.45, 7) is 9.99. The number of hydrogen-bond acceptors (Lipinski definition) is 0. The minimum atomic E-state index is 0.721. The molecule has 0 aliphatic heterocycles. The van der Waals surface area contributed by atoms with Crippen LogP contribution >= 0.6 is 0 Å². The van der Waals surface area contributed by atoms with Gasteiger partial charge in [-0.3, -0.25) is 0 Å². The lowest BCUT2D eigenvalue weighted by molar-refractivity contribution is -0.0677. The van der Waals surface area contributed by atoms with Crippen molar-refractivity contribution in [3.8, 4) is 0 Å². The Hall–Kier alpha value is 0. The van der Waals surface area contributed by atoms with Gasteiger partial charge in [0.2, 0.25) is 0 Å². The van der Waals surface area contributed by atoms with Crippen LogP contribution in [0.2, 0.25) is 0 Å². The van der Waals surface area contributed by atoms with Gasteiger partial charge >= 0.3 is 0 Å². The monoisotopic (exact) mass is 192 g/mol. The Kier molecular flexibility index (Phi) is 1.58. The summed E-state index contributed by atoms with van der Waals surface area (Å²) in [5.74, 6) is 4.19. The average Bonchev–Trinajstić information content (AvgIpc) is 2.16. The van der Waals surface area contributed by atoms with Crippen molar-refractivity contribution in [3.63, 3.8) is 0 Å². The maximum absolute atomic E-state index is 2.57.